The van der Waals surface area contributed by atoms with Crippen molar-refractivity contribution in [3.8, 4) is 0 Å². The molecule has 3 heteroatoms. The lowest BCUT2D eigenvalue weighted by Crippen LogP contribution is -2.20. The van der Waals surface area contributed by atoms with E-state index in [1.807, 2.05) is 11.8 Å². The summed E-state index contributed by atoms with van der Waals surface area (Å²) in [6.45, 7) is 0. The summed E-state index contributed by atoms with van der Waals surface area (Å²) in [4.78, 5) is 0.704. The van der Waals surface area contributed by atoms with Crippen molar-refractivity contribution in [2.24, 2.45) is 11.7 Å². The smallest absolute Gasteiger partial charge is 0.0767 e. The quantitative estimate of drug-likeness (QED) is 0.561. The molecule has 0 aromatic carbocycles. The molecule has 0 aliphatic carbocycles. The van der Waals surface area contributed by atoms with Crippen LogP contribution in [0.1, 0.15) is 6.42 Å². The van der Waals surface area contributed by atoms with Crippen LogP contribution in [-0.4, -0.2) is 16.5 Å². The Morgan fingerprint density at radius 1 is 1.75 bits per heavy atom. The minimum Gasteiger partial charge on any atom is -0.393 e. The van der Waals surface area contributed by atoms with Crippen LogP contribution in [-0.2, 0) is 0 Å². The van der Waals surface area contributed by atoms with Gasteiger partial charge >= 0.3 is 0 Å². The zero-order valence-corrected chi connectivity index (χ0v) is 6.23. The van der Waals surface area contributed by atoms with Crippen molar-refractivity contribution in [1.82, 2.24) is 0 Å². The molecule has 0 saturated carbocycles. The van der Waals surface area contributed by atoms with E-state index in [1.54, 1.807) is 0 Å². The molecule has 8 heavy (non-hydrogen) atoms. The number of thioether (sulfide) groups is 1. The van der Waals surface area contributed by atoms with Gasteiger partial charge in [-0.1, -0.05) is 12.2 Å². The van der Waals surface area contributed by atoms with Gasteiger partial charge in [0.25, 0.3) is 0 Å². The van der Waals surface area contributed by atoms with E-state index >= 15 is 0 Å². The predicted octanol–water partition coefficient (Wildman–Crippen LogP) is 1.03. The second-order valence-electron chi connectivity index (χ2n) is 1.96. The molecule has 0 bridgehead atoms. The normalized spacial score (nSPS) is 28.2. The van der Waals surface area contributed by atoms with Crippen molar-refractivity contribution >= 4 is 29.0 Å². The fraction of sp³-hybridized carbons (Fsp3) is 0.800. The standard InChI is InChI=1S/C5H9NS2/c6-5(7)4-1-2-8-3-4/h4H,1-3H2,(H2,6,7). The van der Waals surface area contributed by atoms with Gasteiger partial charge < -0.3 is 5.73 Å². The van der Waals surface area contributed by atoms with Crippen LogP contribution in [0.25, 0.3) is 0 Å². The van der Waals surface area contributed by atoms with E-state index in [9.17, 15) is 0 Å². The molecular formula is C5H9NS2. The highest BCUT2D eigenvalue weighted by Crippen LogP contribution is 2.22. The predicted molar refractivity (Wildman–Crippen MR) is 42.2 cm³/mol. The summed E-state index contributed by atoms with van der Waals surface area (Å²) >= 11 is 6.76. The molecule has 0 spiro atoms. The summed E-state index contributed by atoms with van der Waals surface area (Å²) in [6.07, 6.45) is 1.19. The van der Waals surface area contributed by atoms with Gasteiger partial charge in [-0.2, -0.15) is 11.8 Å². The molecule has 0 radical (unpaired) electrons. The van der Waals surface area contributed by atoms with Gasteiger partial charge in [0.05, 0.1) is 4.99 Å². The van der Waals surface area contributed by atoms with E-state index in [1.165, 1.54) is 12.2 Å². The topological polar surface area (TPSA) is 26.0 Å². The molecule has 0 amide bonds. The average Bonchev–Trinajstić information content (AvgIpc) is 2.12. The van der Waals surface area contributed by atoms with Gasteiger partial charge in [0.1, 0.15) is 0 Å². The Bertz CT molecular complexity index is 96.6. The molecule has 1 rings (SSSR count). The zero-order chi connectivity index (χ0) is 5.98. The van der Waals surface area contributed by atoms with Gasteiger partial charge in [-0.15, -0.1) is 0 Å². The van der Waals surface area contributed by atoms with Crippen molar-refractivity contribution in [2.75, 3.05) is 11.5 Å². The van der Waals surface area contributed by atoms with Crippen LogP contribution in [0, 0.1) is 5.92 Å². The van der Waals surface area contributed by atoms with Crippen LogP contribution in [0.3, 0.4) is 0 Å². The fourth-order valence-corrected chi connectivity index (χ4v) is 2.31. The summed E-state index contributed by atoms with van der Waals surface area (Å²) in [6, 6.07) is 0. The molecule has 0 aromatic rings. The Hall–Kier alpha value is 0.240. The summed E-state index contributed by atoms with van der Waals surface area (Å²) < 4.78 is 0. The molecule has 1 nitrogen and oxygen atoms in total. The number of hydrogen-bond acceptors (Lipinski definition) is 2. The third kappa shape index (κ3) is 1.36. The molecule has 1 saturated heterocycles. The highest BCUT2D eigenvalue weighted by Gasteiger charge is 2.16. The Labute approximate surface area is 59.0 Å². The van der Waals surface area contributed by atoms with Gasteiger partial charge in [-0.05, 0) is 12.2 Å². The van der Waals surface area contributed by atoms with Crippen molar-refractivity contribution in [2.45, 2.75) is 6.42 Å². The third-order valence-electron chi connectivity index (χ3n) is 1.33. The highest BCUT2D eigenvalue weighted by atomic mass is 32.2. The first-order valence-corrected chi connectivity index (χ1v) is 4.24. The Morgan fingerprint density at radius 2 is 2.50 bits per heavy atom. The van der Waals surface area contributed by atoms with Crippen LogP contribution in [0.15, 0.2) is 0 Å². The molecule has 1 aliphatic heterocycles. The van der Waals surface area contributed by atoms with E-state index in [0.29, 0.717) is 10.9 Å². The minimum atomic E-state index is 0.537. The van der Waals surface area contributed by atoms with Crippen molar-refractivity contribution in [3.05, 3.63) is 0 Å². The van der Waals surface area contributed by atoms with Crippen molar-refractivity contribution < 1.29 is 0 Å². The lowest BCUT2D eigenvalue weighted by atomic mass is 10.1. The van der Waals surface area contributed by atoms with Crippen LogP contribution in [0.4, 0.5) is 0 Å². The monoisotopic (exact) mass is 147 g/mol. The highest BCUT2D eigenvalue weighted by molar-refractivity contribution is 7.99. The maximum absolute atomic E-state index is 5.42. The summed E-state index contributed by atoms with van der Waals surface area (Å²) in [5, 5.41) is 0. The minimum absolute atomic E-state index is 0.537. The average molecular weight is 147 g/mol. The second-order valence-corrected chi connectivity index (χ2v) is 3.58. The Balaban J connectivity index is 2.35. The van der Waals surface area contributed by atoms with E-state index < -0.39 is 0 Å². The Morgan fingerprint density at radius 3 is 2.75 bits per heavy atom. The molecule has 1 unspecified atom stereocenters. The molecule has 1 fully saturated rings. The largest absolute Gasteiger partial charge is 0.393 e. The fourth-order valence-electron chi connectivity index (χ4n) is 0.759. The van der Waals surface area contributed by atoms with E-state index in [0.717, 1.165) is 5.75 Å². The second kappa shape index (κ2) is 2.69. The van der Waals surface area contributed by atoms with E-state index in [-0.39, 0.29) is 0 Å². The lowest BCUT2D eigenvalue weighted by Gasteiger charge is -2.01. The Kier molecular flexibility index (Phi) is 2.14. The first kappa shape index (κ1) is 6.36. The summed E-state index contributed by atoms with van der Waals surface area (Å²) in [7, 11) is 0. The first-order valence-electron chi connectivity index (χ1n) is 2.68. The maximum atomic E-state index is 5.42. The molecule has 1 aliphatic rings. The molecule has 46 valence electrons. The van der Waals surface area contributed by atoms with Gasteiger partial charge in [0.2, 0.25) is 0 Å². The maximum Gasteiger partial charge on any atom is 0.0767 e. The van der Waals surface area contributed by atoms with Crippen LogP contribution < -0.4 is 5.73 Å². The van der Waals surface area contributed by atoms with Crippen molar-refractivity contribution in [1.29, 1.82) is 0 Å². The number of hydrogen-bond donors (Lipinski definition) is 1. The molecular weight excluding hydrogens is 138 g/mol. The molecule has 1 heterocycles. The van der Waals surface area contributed by atoms with Gasteiger partial charge in [-0.25, -0.2) is 0 Å². The van der Waals surface area contributed by atoms with Crippen LogP contribution >= 0.6 is 24.0 Å². The van der Waals surface area contributed by atoms with Gasteiger partial charge in [0, 0.05) is 11.7 Å². The SMILES string of the molecule is NC(=S)C1CCSC1. The molecule has 2 N–H and O–H groups in total. The van der Waals surface area contributed by atoms with Gasteiger partial charge in [-0.3, -0.25) is 0 Å². The third-order valence-corrected chi connectivity index (χ3v) is 2.83. The van der Waals surface area contributed by atoms with Crippen molar-refractivity contribution in [3.63, 3.8) is 0 Å². The summed E-state index contributed by atoms with van der Waals surface area (Å²) in [5.74, 6) is 2.92. The van der Waals surface area contributed by atoms with Gasteiger partial charge in [0.15, 0.2) is 0 Å². The molecule has 1 atom stereocenters. The van der Waals surface area contributed by atoms with E-state index in [2.05, 4.69) is 0 Å². The summed E-state index contributed by atoms with van der Waals surface area (Å²) in [5.41, 5.74) is 5.42. The van der Waals surface area contributed by atoms with Crippen LogP contribution in [0.2, 0.25) is 0 Å². The number of rotatable bonds is 1. The van der Waals surface area contributed by atoms with Crippen LogP contribution in [0.5, 0.6) is 0 Å². The number of thiocarbonyl (C=S) groups is 1. The van der Waals surface area contributed by atoms with E-state index in [4.69, 9.17) is 18.0 Å². The number of nitrogens with two attached hydrogens (primary N) is 1. The lowest BCUT2D eigenvalue weighted by molar-refractivity contribution is 0.796. The molecule has 0 aromatic heterocycles. The first-order chi connectivity index (χ1) is 3.80. The zero-order valence-electron chi connectivity index (χ0n) is 4.59.